The topological polar surface area (TPSA) is 71.1 Å². The van der Waals surface area contributed by atoms with Crippen LogP contribution < -0.4 is 15.1 Å². The third-order valence-corrected chi connectivity index (χ3v) is 16.2. The molecule has 7 nitrogen and oxygen atoms in total. The molecule has 7 aromatic rings. The predicted octanol–water partition coefficient (Wildman–Crippen LogP) is 18.0. The molecular weight excluding hydrogens is 947 g/mol. The molecule has 0 spiro atoms. The highest BCUT2D eigenvalue weighted by molar-refractivity contribution is 5.99. The molecule has 0 aromatic heterocycles. The molecule has 2 aliphatic carbocycles. The van der Waals surface area contributed by atoms with E-state index in [2.05, 4.69) is 212 Å². The Hall–Kier alpha value is -7.38. The van der Waals surface area contributed by atoms with Crippen LogP contribution in [-0.2, 0) is 19.1 Å². The van der Waals surface area contributed by atoms with Crippen LogP contribution >= 0.6 is 0 Å². The maximum Gasteiger partial charge on any atom is 0.335 e. The lowest BCUT2D eigenvalue weighted by atomic mass is 9.82. The highest BCUT2D eigenvalue weighted by Gasteiger charge is 2.44. The fourth-order valence-corrected chi connectivity index (χ4v) is 13.0. The molecule has 0 bridgehead atoms. The first-order chi connectivity index (χ1) is 36.8. The zero-order valence-electron chi connectivity index (χ0n) is 47.6. The molecule has 2 fully saturated rings. The van der Waals surface area contributed by atoms with E-state index in [-0.39, 0.29) is 30.0 Å². The van der Waals surface area contributed by atoms with Gasteiger partial charge in [-0.05, 0) is 194 Å². The molecule has 398 valence electrons. The van der Waals surface area contributed by atoms with Gasteiger partial charge in [0.05, 0.1) is 11.7 Å². The summed E-state index contributed by atoms with van der Waals surface area (Å²) in [5, 5.41) is 6.17. The first-order valence-corrected chi connectivity index (χ1v) is 27.9. The molecule has 7 aromatic carbocycles. The maximum absolute atomic E-state index is 13.7. The molecular formula is C70H79N3O4. The Morgan fingerprint density at radius 2 is 1.05 bits per heavy atom. The smallest absolute Gasteiger partial charge is 0.335 e. The summed E-state index contributed by atoms with van der Waals surface area (Å²) in [5.74, 6) is -0.888. The van der Waals surface area contributed by atoms with E-state index in [9.17, 15) is 9.59 Å². The van der Waals surface area contributed by atoms with E-state index in [4.69, 9.17) is 9.47 Å². The quantitative estimate of drug-likeness (QED) is 0.0475. The molecule has 0 saturated heterocycles. The van der Waals surface area contributed by atoms with Crippen molar-refractivity contribution in [2.24, 2.45) is 0 Å². The van der Waals surface area contributed by atoms with Crippen LogP contribution in [0.3, 0.4) is 0 Å². The number of ether oxygens (including phenoxy) is 2. The van der Waals surface area contributed by atoms with Crippen molar-refractivity contribution in [2.45, 2.75) is 158 Å². The van der Waals surface area contributed by atoms with Crippen LogP contribution in [0.25, 0.3) is 10.8 Å². The van der Waals surface area contributed by atoms with Gasteiger partial charge in [-0.3, -0.25) is 0 Å². The van der Waals surface area contributed by atoms with Crippen LogP contribution in [0.5, 0.6) is 0 Å². The number of nitrogens with zero attached hydrogens (tertiary/aromatic N) is 2. The third kappa shape index (κ3) is 11.2. The van der Waals surface area contributed by atoms with Crippen molar-refractivity contribution in [2.75, 3.05) is 15.1 Å². The second-order valence-corrected chi connectivity index (χ2v) is 22.7. The number of anilines is 6. The van der Waals surface area contributed by atoms with Crippen molar-refractivity contribution in [3.05, 3.63) is 212 Å². The number of hydrogen-bond acceptors (Lipinski definition) is 7. The Morgan fingerprint density at radius 1 is 0.558 bits per heavy atom. The Kier molecular flexibility index (Phi) is 16.0. The van der Waals surface area contributed by atoms with Gasteiger partial charge in [0.1, 0.15) is 6.10 Å². The number of aryl methyl sites for hydroxylation is 9. The Morgan fingerprint density at radius 3 is 1.60 bits per heavy atom. The fourth-order valence-electron chi connectivity index (χ4n) is 13.0. The van der Waals surface area contributed by atoms with Crippen molar-refractivity contribution >= 4 is 56.8 Å². The zero-order valence-corrected chi connectivity index (χ0v) is 47.6. The molecule has 7 heteroatoms. The van der Waals surface area contributed by atoms with Crippen LogP contribution in [0.1, 0.15) is 144 Å². The summed E-state index contributed by atoms with van der Waals surface area (Å²) in [7, 11) is 0. The van der Waals surface area contributed by atoms with Crippen LogP contribution in [0.4, 0.5) is 34.1 Å². The van der Waals surface area contributed by atoms with Gasteiger partial charge in [0.2, 0.25) is 0 Å². The van der Waals surface area contributed by atoms with E-state index in [1.54, 1.807) is 13.8 Å². The van der Waals surface area contributed by atoms with E-state index < -0.39 is 5.72 Å². The van der Waals surface area contributed by atoms with E-state index in [0.29, 0.717) is 24.0 Å². The van der Waals surface area contributed by atoms with E-state index in [0.717, 1.165) is 112 Å². The number of hydrogen-bond donors (Lipinski definition) is 1. The Labute approximate surface area is 459 Å². The Bertz CT molecular complexity index is 3310. The average molecular weight is 1030 g/mol. The second kappa shape index (κ2) is 22.7. The molecule has 2 aliphatic rings. The highest BCUT2D eigenvalue weighted by atomic mass is 16.6. The molecule has 3 atom stereocenters. The first-order valence-electron chi connectivity index (χ1n) is 27.9. The molecule has 0 radical (unpaired) electrons. The summed E-state index contributed by atoms with van der Waals surface area (Å²) in [6.07, 6.45) is 7.82. The van der Waals surface area contributed by atoms with Gasteiger partial charge >= 0.3 is 11.9 Å². The maximum atomic E-state index is 13.7. The minimum Gasteiger partial charge on any atom is -0.457 e. The van der Waals surface area contributed by atoms with E-state index >= 15 is 0 Å². The van der Waals surface area contributed by atoms with Crippen LogP contribution in [-0.4, -0.2) is 29.8 Å². The normalized spacial score (nSPS) is 16.6. The van der Waals surface area contributed by atoms with Crippen LogP contribution in [0.2, 0.25) is 0 Å². The molecule has 3 unspecified atom stereocenters. The standard InChI is InChI=1S/C70H79N3O4/c1-43(2)68(74)76-63-24-18-17-23-62(63)72(66-50(10)39-46(6)40-51(66)11)56-29-25-54(26-30-56)64(60-33-34-61(59-22-16-15-21-58(59)60)71-65-48(8)37-45(5)38-49(65)9)55-27-31-57(32-28-55)73(67-52(12)41-47(7)42-53(67)13)70(35-19-14-20-36-70)77-69(75)44(3)4/h15-16,21-22,25-34,37-42,62-64,71H,1,3,14,17-20,23-24,35-36H2,2,4-13H3. The monoisotopic (exact) mass is 1030 g/mol. The van der Waals surface area contributed by atoms with Gasteiger partial charge in [0.25, 0.3) is 0 Å². The predicted molar refractivity (Wildman–Crippen MR) is 321 cm³/mol. The van der Waals surface area contributed by atoms with Crippen molar-refractivity contribution in [3.63, 3.8) is 0 Å². The average Bonchev–Trinajstić information content (AvgIpc) is 3.41. The summed E-state index contributed by atoms with van der Waals surface area (Å²) in [6, 6.07) is 44.9. The zero-order chi connectivity index (χ0) is 54.9. The van der Waals surface area contributed by atoms with Crippen LogP contribution in [0, 0.1) is 62.3 Å². The molecule has 77 heavy (non-hydrogen) atoms. The van der Waals surface area contributed by atoms with Gasteiger partial charge < -0.3 is 24.6 Å². The van der Waals surface area contributed by atoms with Gasteiger partial charge in [-0.2, -0.15) is 0 Å². The number of fused-ring (bicyclic) bond motifs is 1. The van der Waals surface area contributed by atoms with E-state index in [1.165, 1.54) is 44.5 Å². The van der Waals surface area contributed by atoms with E-state index in [1.807, 2.05) is 0 Å². The van der Waals surface area contributed by atoms with Crippen molar-refractivity contribution < 1.29 is 19.1 Å². The molecule has 1 N–H and O–H groups in total. The van der Waals surface area contributed by atoms with Crippen LogP contribution in [0.15, 0.2) is 146 Å². The molecule has 0 heterocycles. The Balaban J connectivity index is 1.22. The van der Waals surface area contributed by atoms with Gasteiger partial charge in [-0.1, -0.05) is 134 Å². The lowest BCUT2D eigenvalue weighted by Gasteiger charge is -2.47. The number of carbonyl (C=O) groups is 2. The summed E-state index contributed by atoms with van der Waals surface area (Å²) in [6.45, 7) is 30.9. The largest absolute Gasteiger partial charge is 0.457 e. The number of nitrogens with one attached hydrogen (secondary N) is 1. The summed E-state index contributed by atoms with van der Waals surface area (Å²) < 4.78 is 13.0. The summed E-state index contributed by atoms with van der Waals surface area (Å²) >= 11 is 0. The minimum atomic E-state index is -0.900. The van der Waals surface area contributed by atoms with Gasteiger partial charge in [0.15, 0.2) is 5.72 Å². The number of carbonyl (C=O) groups excluding carboxylic acids is 2. The SMILES string of the molecule is C=C(C)C(=O)OC1CCCCC1N(c1ccc(C(c2ccc(N(c3c(C)cc(C)cc3C)C3(OC(=O)C(=C)C)CCCCC3)cc2)c2ccc(Nc3c(C)cc(C)cc3C)c3ccccc23)cc1)c1c(C)cc(C)cc1C. The summed E-state index contributed by atoms with van der Waals surface area (Å²) in [4.78, 5) is 31.8. The number of benzene rings is 7. The molecule has 2 saturated carbocycles. The van der Waals surface area contributed by atoms with Crippen molar-refractivity contribution in [3.8, 4) is 0 Å². The van der Waals surface area contributed by atoms with Crippen molar-refractivity contribution in [1.82, 2.24) is 0 Å². The van der Waals surface area contributed by atoms with Gasteiger partial charge in [-0.25, -0.2) is 9.59 Å². The number of esters is 2. The fraction of sp³-hybridized carbons (Fsp3) is 0.343. The lowest BCUT2D eigenvalue weighted by molar-refractivity contribution is -0.157. The second-order valence-electron chi connectivity index (χ2n) is 22.7. The van der Waals surface area contributed by atoms with Gasteiger partial charge in [0, 0.05) is 63.7 Å². The minimum absolute atomic E-state index is 0.0722. The third-order valence-electron chi connectivity index (χ3n) is 16.2. The molecule has 0 amide bonds. The van der Waals surface area contributed by atoms with Gasteiger partial charge in [-0.15, -0.1) is 0 Å². The highest BCUT2D eigenvalue weighted by Crippen LogP contribution is 2.48. The van der Waals surface area contributed by atoms with Crippen molar-refractivity contribution in [1.29, 1.82) is 0 Å². The number of rotatable bonds is 15. The molecule has 9 rings (SSSR count). The molecule has 0 aliphatic heterocycles. The first kappa shape index (κ1) is 54.4. The lowest BCUT2D eigenvalue weighted by Crippen LogP contribution is -2.51. The summed E-state index contributed by atoms with van der Waals surface area (Å²) in [5.41, 5.74) is 20.5.